The van der Waals surface area contributed by atoms with Crippen LogP contribution in [0, 0.1) is 0 Å². The Morgan fingerprint density at radius 2 is 1.76 bits per heavy atom. The van der Waals surface area contributed by atoms with E-state index >= 15 is 0 Å². The molecule has 0 saturated heterocycles. The highest BCUT2D eigenvalue weighted by Crippen LogP contribution is 2.26. The monoisotopic (exact) mass is 376 g/mol. The summed E-state index contributed by atoms with van der Waals surface area (Å²) in [4.78, 5) is 25.2. The molecular formula is C16H14BClN2O4S. The molecule has 1 heterocycles. The molecule has 9 heteroatoms. The number of hydrogen-bond donors (Lipinski definition) is 0. The maximum atomic E-state index is 12.9. The van der Waals surface area contributed by atoms with Gasteiger partial charge in [-0.25, -0.2) is 13.2 Å². The summed E-state index contributed by atoms with van der Waals surface area (Å²) in [5.74, 6) is -0.282. The second-order valence-corrected chi connectivity index (χ2v) is 8.00. The Hall–Kier alpha value is -2.32. The summed E-state index contributed by atoms with van der Waals surface area (Å²) in [6, 6.07) is 12.3. The zero-order valence-corrected chi connectivity index (χ0v) is 15.1. The van der Waals surface area contributed by atoms with Crippen LogP contribution >= 0.6 is 11.6 Å². The first kappa shape index (κ1) is 17.5. The molecule has 0 bridgehead atoms. The van der Waals surface area contributed by atoms with E-state index in [1.165, 1.54) is 17.6 Å². The molecule has 1 aromatic heterocycles. The van der Waals surface area contributed by atoms with Crippen molar-refractivity contribution >= 4 is 45.4 Å². The Kier molecular flexibility index (Phi) is 4.34. The Morgan fingerprint density at radius 1 is 1.12 bits per heavy atom. The summed E-state index contributed by atoms with van der Waals surface area (Å²) in [5.41, 5.74) is 0.259. The first-order valence-electron chi connectivity index (χ1n) is 7.40. The number of imidazole rings is 1. The number of ketones is 1. The van der Waals surface area contributed by atoms with E-state index < -0.39 is 21.6 Å². The molecule has 3 aromatic rings. The van der Waals surface area contributed by atoms with Crippen LogP contribution in [-0.2, 0) is 14.7 Å². The van der Waals surface area contributed by atoms with Crippen molar-refractivity contribution in [2.45, 2.75) is 13.0 Å². The summed E-state index contributed by atoms with van der Waals surface area (Å²) in [7, 11) is -2.95. The van der Waals surface area contributed by atoms with E-state index in [0.717, 1.165) is 7.12 Å². The lowest BCUT2D eigenvalue weighted by Gasteiger charge is -2.16. The van der Waals surface area contributed by atoms with E-state index in [1.807, 2.05) is 0 Å². The predicted octanol–water partition coefficient (Wildman–Crippen LogP) is 1.36. The van der Waals surface area contributed by atoms with Crippen molar-refractivity contribution in [3.05, 3.63) is 69.6 Å². The molecule has 0 aliphatic rings. The van der Waals surface area contributed by atoms with E-state index in [0.29, 0.717) is 20.1 Å². The lowest BCUT2D eigenvalue weighted by molar-refractivity contribution is -0.119. The van der Waals surface area contributed by atoms with Crippen LogP contribution in [0.3, 0.4) is 0 Å². The van der Waals surface area contributed by atoms with Gasteiger partial charge in [-0.2, -0.15) is 3.97 Å². The Labute approximate surface area is 150 Å². The molecule has 25 heavy (non-hydrogen) atoms. The number of hydrogen-bond acceptors (Lipinski definition) is 4. The fourth-order valence-electron chi connectivity index (χ4n) is 2.94. The first-order chi connectivity index (χ1) is 11.7. The number of nitrogens with zero attached hydrogens (tertiary/aromatic N) is 2. The number of benzene rings is 2. The van der Waals surface area contributed by atoms with Crippen molar-refractivity contribution in [1.82, 2.24) is 8.54 Å². The Bertz CT molecular complexity index is 1140. The summed E-state index contributed by atoms with van der Waals surface area (Å²) in [6.07, 6.45) is 0. The van der Waals surface area contributed by atoms with Crippen LogP contribution in [0.25, 0.3) is 11.0 Å². The SMILES string of the molecule is BS(=O)(=O)n1c(=O)n(C(C(C)=O)c2ccccc2)c2ccc(Cl)cc21. The van der Waals surface area contributed by atoms with Gasteiger partial charge in [0.25, 0.3) is 7.12 Å². The molecule has 1 atom stereocenters. The topological polar surface area (TPSA) is 78.1 Å². The minimum absolute atomic E-state index is 0.141. The van der Waals surface area contributed by atoms with Gasteiger partial charge in [-0.05, 0) is 30.7 Å². The molecule has 0 amide bonds. The molecule has 0 saturated carbocycles. The van der Waals surface area contributed by atoms with Crippen LogP contribution in [0.2, 0.25) is 5.02 Å². The number of rotatable bonds is 4. The van der Waals surface area contributed by atoms with Gasteiger partial charge in [-0.1, -0.05) is 41.9 Å². The van der Waals surface area contributed by atoms with E-state index in [9.17, 15) is 18.0 Å². The first-order valence-corrected chi connectivity index (χ1v) is 9.63. The average Bonchev–Trinajstić information content (AvgIpc) is 2.80. The van der Waals surface area contributed by atoms with Crippen LogP contribution in [0.15, 0.2) is 53.3 Å². The van der Waals surface area contributed by atoms with E-state index in [2.05, 4.69) is 0 Å². The summed E-state index contributed by atoms with van der Waals surface area (Å²) >= 11 is 5.98. The Morgan fingerprint density at radius 3 is 2.32 bits per heavy atom. The molecule has 0 aliphatic carbocycles. The molecular weight excluding hydrogens is 363 g/mol. The van der Waals surface area contributed by atoms with Crippen molar-refractivity contribution in [2.75, 3.05) is 0 Å². The van der Waals surface area contributed by atoms with Gasteiger partial charge in [0.15, 0.2) is 15.7 Å². The predicted molar refractivity (Wildman–Crippen MR) is 99.3 cm³/mol. The van der Waals surface area contributed by atoms with Crippen LogP contribution in [0.4, 0.5) is 0 Å². The number of aromatic nitrogens is 2. The zero-order chi connectivity index (χ0) is 18.4. The lowest BCUT2D eigenvalue weighted by Crippen LogP contribution is -2.34. The maximum Gasteiger partial charge on any atom is 0.343 e. The highest BCUT2D eigenvalue weighted by molar-refractivity contribution is 8.11. The van der Waals surface area contributed by atoms with Gasteiger partial charge in [0.2, 0.25) is 0 Å². The molecule has 2 aromatic carbocycles. The van der Waals surface area contributed by atoms with Crippen LogP contribution in [0.1, 0.15) is 18.5 Å². The van der Waals surface area contributed by atoms with Crippen LogP contribution in [0.5, 0.6) is 0 Å². The van der Waals surface area contributed by atoms with Gasteiger partial charge in [0, 0.05) is 5.02 Å². The van der Waals surface area contributed by atoms with Gasteiger partial charge in [-0.3, -0.25) is 9.36 Å². The Balaban J connectivity index is 2.46. The third kappa shape index (κ3) is 3.03. The number of halogens is 1. The van der Waals surface area contributed by atoms with Crippen molar-refractivity contribution in [2.24, 2.45) is 0 Å². The van der Waals surface area contributed by atoms with Crippen LogP contribution < -0.4 is 5.69 Å². The molecule has 0 aliphatic heterocycles. The van der Waals surface area contributed by atoms with E-state index in [4.69, 9.17) is 11.6 Å². The fourth-order valence-corrected chi connectivity index (χ4v) is 3.98. The standard InChI is InChI=1S/C16H14BClN2O4S/c1-10(21)15(11-5-3-2-4-6-11)19-13-8-7-12(18)9-14(13)20(16(19)22)25(17,23)24/h2-9,15H,17H2,1H3. The average molecular weight is 377 g/mol. The normalized spacial score (nSPS) is 13.0. The highest BCUT2D eigenvalue weighted by Gasteiger charge is 2.28. The number of carbonyl (C=O) groups is 1. The van der Waals surface area contributed by atoms with Gasteiger partial charge >= 0.3 is 5.69 Å². The molecule has 0 fully saturated rings. The van der Waals surface area contributed by atoms with Crippen molar-refractivity contribution in [3.8, 4) is 0 Å². The molecule has 128 valence electrons. The van der Waals surface area contributed by atoms with Gasteiger partial charge in [-0.15, -0.1) is 0 Å². The van der Waals surface area contributed by atoms with Gasteiger partial charge in [0.05, 0.1) is 11.0 Å². The second kappa shape index (κ2) is 6.20. The minimum atomic E-state index is -3.88. The molecule has 0 spiro atoms. The fraction of sp³-hybridized carbons (Fsp3) is 0.125. The van der Waals surface area contributed by atoms with Gasteiger partial charge in [0.1, 0.15) is 6.04 Å². The number of fused-ring (bicyclic) bond motifs is 1. The second-order valence-electron chi connectivity index (χ2n) is 5.74. The summed E-state index contributed by atoms with van der Waals surface area (Å²) in [6.45, 7) is 1.36. The molecule has 3 rings (SSSR count). The zero-order valence-electron chi connectivity index (χ0n) is 13.5. The quantitative estimate of drug-likeness (QED) is 0.644. The van der Waals surface area contributed by atoms with Gasteiger partial charge < -0.3 is 0 Å². The number of carbonyl (C=O) groups excluding carboxylic acids is 1. The molecule has 0 N–H and O–H groups in total. The van der Waals surface area contributed by atoms with Crippen molar-refractivity contribution < 1.29 is 13.2 Å². The number of Topliss-reactive ketones (excluding diaryl/α,β-unsaturated/α-hetero) is 1. The summed E-state index contributed by atoms with van der Waals surface area (Å²) in [5, 5.41) is 0.293. The van der Waals surface area contributed by atoms with Crippen LogP contribution in [-0.4, -0.2) is 29.9 Å². The third-order valence-corrected chi connectivity index (χ3v) is 5.14. The maximum absolute atomic E-state index is 12.9. The minimum Gasteiger partial charge on any atom is -0.297 e. The van der Waals surface area contributed by atoms with Crippen molar-refractivity contribution in [3.63, 3.8) is 0 Å². The van der Waals surface area contributed by atoms with E-state index in [1.54, 1.807) is 42.5 Å². The smallest absolute Gasteiger partial charge is 0.297 e. The summed E-state index contributed by atoms with van der Waals surface area (Å²) < 4.78 is 26.2. The molecule has 0 radical (unpaired) electrons. The largest absolute Gasteiger partial charge is 0.343 e. The third-order valence-electron chi connectivity index (χ3n) is 3.89. The molecule has 6 nitrogen and oxygen atoms in total. The highest BCUT2D eigenvalue weighted by atomic mass is 35.5. The van der Waals surface area contributed by atoms with E-state index in [-0.39, 0.29) is 11.3 Å². The lowest BCUT2D eigenvalue weighted by atomic mass is 10.0. The van der Waals surface area contributed by atoms with Crippen molar-refractivity contribution in [1.29, 1.82) is 0 Å². The molecule has 1 unspecified atom stereocenters.